The molecule has 0 atom stereocenters. The molecule has 19 heavy (non-hydrogen) atoms. The number of aryl methyl sites for hydroxylation is 1. The molecule has 0 aromatic heterocycles. The van der Waals surface area contributed by atoms with Gasteiger partial charge in [0.1, 0.15) is 0 Å². The van der Waals surface area contributed by atoms with Crippen molar-refractivity contribution in [1.29, 1.82) is 0 Å². The minimum atomic E-state index is -0.0967. The third kappa shape index (κ3) is 3.36. The van der Waals surface area contributed by atoms with E-state index in [9.17, 15) is 4.79 Å². The highest BCUT2D eigenvalue weighted by atomic mass is 35.5. The zero-order chi connectivity index (χ0) is 13.8. The number of halogens is 1. The second-order valence-electron chi connectivity index (χ2n) is 4.58. The van der Waals surface area contributed by atoms with E-state index in [0.717, 1.165) is 11.1 Å². The fraction of sp³-hybridized carbons (Fsp3) is 0.188. The van der Waals surface area contributed by atoms with Gasteiger partial charge in [-0.05, 0) is 37.1 Å². The van der Waals surface area contributed by atoms with E-state index in [1.165, 1.54) is 5.56 Å². The first-order valence-corrected chi connectivity index (χ1v) is 6.54. The lowest BCUT2D eigenvalue weighted by Gasteiger charge is -2.09. The van der Waals surface area contributed by atoms with Gasteiger partial charge in [-0.25, -0.2) is 0 Å². The van der Waals surface area contributed by atoms with Gasteiger partial charge in [0.05, 0.1) is 0 Å². The first-order chi connectivity index (χ1) is 9.08. The average Bonchev–Trinajstić information content (AvgIpc) is 2.41. The first-order valence-electron chi connectivity index (χ1n) is 6.17. The zero-order valence-corrected chi connectivity index (χ0v) is 11.8. The number of amides is 1. The van der Waals surface area contributed by atoms with Crippen molar-refractivity contribution in [3.63, 3.8) is 0 Å². The van der Waals surface area contributed by atoms with Crippen molar-refractivity contribution in [2.75, 3.05) is 0 Å². The van der Waals surface area contributed by atoms with E-state index in [-0.39, 0.29) is 5.91 Å². The highest BCUT2D eigenvalue weighted by Crippen LogP contribution is 2.18. The van der Waals surface area contributed by atoms with Crippen molar-refractivity contribution in [2.45, 2.75) is 20.4 Å². The van der Waals surface area contributed by atoms with E-state index in [4.69, 9.17) is 11.6 Å². The minimum absolute atomic E-state index is 0.0967. The lowest BCUT2D eigenvalue weighted by atomic mass is 10.1. The molecule has 0 saturated heterocycles. The second-order valence-corrected chi connectivity index (χ2v) is 4.99. The predicted octanol–water partition coefficient (Wildman–Crippen LogP) is 3.89. The van der Waals surface area contributed by atoms with Gasteiger partial charge in [-0.1, -0.05) is 47.5 Å². The molecule has 0 bridgehead atoms. The maximum Gasteiger partial charge on any atom is 0.251 e. The lowest BCUT2D eigenvalue weighted by molar-refractivity contribution is 0.0950. The van der Waals surface area contributed by atoms with Crippen LogP contribution in [0.4, 0.5) is 0 Å². The van der Waals surface area contributed by atoms with Crippen molar-refractivity contribution >= 4 is 17.5 Å². The van der Waals surface area contributed by atoms with Gasteiger partial charge in [-0.3, -0.25) is 4.79 Å². The third-order valence-corrected chi connectivity index (χ3v) is 3.50. The normalized spacial score (nSPS) is 10.3. The summed E-state index contributed by atoms with van der Waals surface area (Å²) in [7, 11) is 0. The lowest BCUT2D eigenvalue weighted by Crippen LogP contribution is -2.23. The van der Waals surface area contributed by atoms with Gasteiger partial charge >= 0.3 is 0 Å². The van der Waals surface area contributed by atoms with Crippen molar-refractivity contribution in [3.8, 4) is 0 Å². The zero-order valence-electron chi connectivity index (χ0n) is 11.0. The van der Waals surface area contributed by atoms with Crippen LogP contribution < -0.4 is 5.32 Å². The van der Waals surface area contributed by atoms with Crippen LogP contribution in [0.5, 0.6) is 0 Å². The first kappa shape index (κ1) is 13.6. The van der Waals surface area contributed by atoms with Crippen LogP contribution in [-0.4, -0.2) is 5.91 Å². The molecular formula is C16H16ClNO. The number of benzene rings is 2. The van der Waals surface area contributed by atoms with Crippen molar-refractivity contribution in [3.05, 3.63) is 69.7 Å². The van der Waals surface area contributed by atoms with E-state index in [2.05, 4.69) is 5.32 Å². The van der Waals surface area contributed by atoms with E-state index in [0.29, 0.717) is 17.1 Å². The van der Waals surface area contributed by atoms with E-state index >= 15 is 0 Å². The Balaban J connectivity index is 2.05. The van der Waals surface area contributed by atoms with E-state index in [1.807, 2.05) is 38.1 Å². The summed E-state index contributed by atoms with van der Waals surface area (Å²) in [5.74, 6) is -0.0967. The molecule has 0 unspecified atom stereocenters. The minimum Gasteiger partial charge on any atom is -0.348 e. The number of carbonyl (C=O) groups excluding carboxylic acids is 1. The molecule has 98 valence electrons. The molecule has 0 aliphatic rings. The van der Waals surface area contributed by atoms with Gasteiger partial charge in [-0.15, -0.1) is 0 Å². The molecule has 0 heterocycles. The molecule has 2 nitrogen and oxygen atoms in total. The van der Waals surface area contributed by atoms with Gasteiger partial charge in [0.25, 0.3) is 5.91 Å². The summed E-state index contributed by atoms with van der Waals surface area (Å²) in [5.41, 5.74) is 3.73. The molecule has 0 aliphatic carbocycles. The van der Waals surface area contributed by atoms with Crippen molar-refractivity contribution in [1.82, 2.24) is 5.32 Å². The predicted molar refractivity (Wildman–Crippen MR) is 78.5 cm³/mol. The molecule has 1 amide bonds. The van der Waals surface area contributed by atoms with Crippen LogP contribution >= 0.6 is 11.6 Å². The molecule has 1 N–H and O–H groups in total. The molecular weight excluding hydrogens is 258 g/mol. The van der Waals surface area contributed by atoms with Crippen LogP contribution in [0.3, 0.4) is 0 Å². The number of hydrogen-bond acceptors (Lipinski definition) is 1. The Hall–Kier alpha value is -1.80. The van der Waals surface area contributed by atoms with E-state index in [1.54, 1.807) is 18.2 Å². The largest absolute Gasteiger partial charge is 0.348 e. The summed E-state index contributed by atoms with van der Waals surface area (Å²) in [5, 5.41) is 3.52. The molecule has 0 fully saturated rings. The number of nitrogens with one attached hydrogen (secondary N) is 1. The SMILES string of the molecule is Cc1ccc(CNC(=O)c2cccc(Cl)c2C)cc1. The fourth-order valence-corrected chi connectivity index (χ4v) is 2.01. The smallest absolute Gasteiger partial charge is 0.251 e. The van der Waals surface area contributed by atoms with Gasteiger partial charge < -0.3 is 5.32 Å². The quantitative estimate of drug-likeness (QED) is 0.903. The molecule has 0 aliphatic heterocycles. The van der Waals surface area contributed by atoms with Gasteiger partial charge in [0.15, 0.2) is 0 Å². The molecule has 2 rings (SSSR count). The maximum absolute atomic E-state index is 12.1. The molecule has 0 spiro atoms. The topological polar surface area (TPSA) is 29.1 Å². The van der Waals surface area contributed by atoms with Gasteiger partial charge in [-0.2, -0.15) is 0 Å². The molecule has 2 aromatic rings. The number of hydrogen-bond donors (Lipinski definition) is 1. The number of rotatable bonds is 3. The summed E-state index contributed by atoms with van der Waals surface area (Å²) < 4.78 is 0. The average molecular weight is 274 g/mol. The standard InChI is InChI=1S/C16H16ClNO/c1-11-6-8-13(9-7-11)10-18-16(19)14-4-3-5-15(17)12(14)2/h3-9H,10H2,1-2H3,(H,18,19). The van der Waals surface area contributed by atoms with Crippen molar-refractivity contribution < 1.29 is 4.79 Å². The summed E-state index contributed by atoms with van der Waals surface area (Å²) in [6.07, 6.45) is 0. The molecule has 0 radical (unpaired) electrons. The maximum atomic E-state index is 12.1. The van der Waals surface area contributed by atoms with Crippen LogP contribution in [0.1, 0.15) is 27.0 Å². The Labute approximate surface area is 118 Å². The Morgan fingerprint density at radius 3 is 2.47 bits per heavy atom. The van der Waals surface area contributed by atoms with Gasteiger partial charge in [0.2, 0.25) is 0 Å². The molecule has 2 aromatic carbocycles. The van der Waals surface area contributed by atoms with Crippen LogP contribution in [0, 0.1) is 13.8 Å². The van der Waals surface area contributed by atoms with Gasteiger partial charge in [0, 0.05) is 17.1 Å². The van der Waals surface area contributed by atoms with Crippen LogP contribution in [0.25, 0.3) is 0 Å². The van der Waals surface area contributed by atoms with Crippen LogP contribution in [0.15, 0.2) is 42.5 Å². The summed E-state index contributed by atoms with van der Waals surface area (Å²) in [6, 6.07) is 13.5. The highest BCUT2D eigenvalue weighted by Gasteiger charge is 2.10. The number of carbonyl (C=O) groups is 1. The Morgan fingerprint density at radius 2 is 1.79 bits per heavy atom. The van der Waals surface area contributed by atoms with E-state index < -0.39 is 0 Å². The van der Waals surface area contributed by atoms with Crippen molar-refractivity contribution in [2.24, 2.45) is 0 Å². The Morgan fingerprint density at radius 1 is 1.11 bits per heavy atom. The summed E-state index contributed by atoms with van der Waals surface area (Å²) in [4.78, 5) is 12.1. The Bertz CT molecular complexity index is 590. The summed E-state index contributed by atoms with van der Waals surface area (Å²) in [6.45, 7) is 4.41. The van der Waals surface area contributed by atoms with Crippen LogP contribution in [-0.2, 0) is 6.54 Å². The highest BCUT2D eigenvalue weighted by molar-refractivity contribution is 6.31. The molecule has 3 heteroatoms. The molecule has 0 saturated carbocycles. The monoisotopic (exact) mass is 273 g/mol. The third-order valence-electron chi connectivity index (χ3n) is 3.09. The fourth-order valence-electron chi connectivity index (χ4n) is 1.84. The Kier molecular flexibility index (Phi) is 4.23. The van der Waals surface area contributed by atoms with Crippen LogP contribution in [0.2, 0.25) is 5.02 Å². The second kappa shape index (κ2) is 5.89. The summed E-state index contributed by atoms with van der Waals surface area (Å²) >= 11 is 6.01.